The van der Waals surface area contributed by atoms with Gasteiger partial charge in [0, 0.05) is 24.0 Å². The molecule has 0 aliphatic carbocycles. The lowest BCUT2D eigenvalue weighted by atomic mass is 10.1. The van der Waals surface area contributed by atoms with E-state index in [1.807, 2.05) is 56.3 Å². The van der Waals surface area contributed by atoms with Gasteiger partial charge in [-0.2, -0.15) is 0 Å². The number of hydrogen-bond donors (Lipinski definition) is 3. The first kappa shape index (κ1) is 24.8. The van der Waals surface area contributed by atoms with Crippen molar-refractivity contribution in [2.24, 2.45) is 0 Å². The van der Waals surface area contributed by atoms with Crippen molar-refractivity contribution < 1.29 is 9.84 Å². The summed E-state index contributed by atoms with van der Waals surface area (Å²) in [4.78, 5) is 10.9. The van der Waals surface area contributed by atoms with Crippen LogP contribution in [0.5, 0.6) is 5.75 Å². The Morgan fingerprint density at radius 3 is 2.45 bits per heavy atom. The summed E-state index contributed by atoms with van der Waals surface area (Å²) in [6, 6.07) is 12.8. The molecule has 0 saturated carbocycles. The van der Waals surface area contributed by atoms with E-state index in [4.69, 9.17) is 27.9 Å². The maximum atomic E-state index is 9.89. The number of benzene rings is 2. The Morgan fingerprint density at radius 1 is 1.10 bits per heavy atom. The topological polar surface area (TPSA) is 106 Å². The molecule has 0 aliphatic rings. The molecule has 1 aromatic heterocycles. The molecule has 0 amide bonds. The molecule has 2 aromatic carbocycles. The predicted molar refractivity (Wildman–Crippen MR) is 127 cm³/mol. The number of aliphatic hydroxyl groups excluding tert-OH is 1. The van der Waals surface area contributed by atoms with E-state index in [0.29, 0.717) is 28.3 Å². The fourth-order valence-corrected chi connectivity index (χ4v) is 3.17. The van der Waals surface area contributed by atoms with Gasteiger partial charge < -0.3 is 26.2 Å². The number of aryl methyl sites for hydroxylation is 1. The van der Waals surface area contributed by atoms with Gasteiger partial charge >= 0.3 is 0 Å². The first-order valence-electron chi connectivity index (χ1n) is 9.43. The zero-order valence-electron chi connectivity index (χ0n) is 17.8. The third-order valence-electron chi connectivity index (χ3n) is 4.29. The van der Waals surface area contributed by atoms with Crippen LogP contribution in [0.2, 0.25) is 10.0 Å². The lowest BCUT2D eigenvalue weighted by Gasteiger charge is -2.16. The van der Waals surface area contributed by atoms with Gasteiger partial charge in [0.15, 0.2) is 0 Å². The van der Waals surface area contributed by atoms with E-state index in [9.17, 15) is 5.11 Å². The zero-order chi connectivity index (χ0) is 21.7. The van der Waals surface area contributed by atoms with Crippen molar-refractivity contribution in [2.75, 3.05) is 32.6 Å². The number of anilines is 2. The average Bonchev–Trinajstić information content (AvgIpc) is 2.70. The Bertz CT molecular complexity index is 1000. The molecule has 1 unspecified atom stereocenters. The number of likely N-dealkylation sites (N-methyl/N-ethyl adjacent to an activating group) is 1. The van der Waals surface area contributed by atoms with E-state index < -0.39 is 6.10 Å². The predicted octanol–water partition coefficient (Wildman–Crippen LogP) is 4.97. The molecule has 0 aliphatic heterocycles. The minimum absolute atomic E-state index is 0. The maximum Gasteiger partial charge on any atom is 0.227 e. The van der Waals surface area contributed by atoms with E-state index in [1.54, 1.807) is 18.3 Å². The summed E-state index contributed by atoms with van der Waals surface area (Å²) in [5.41, 5.74) is 3.40. The number of halogens is 2. The first-order valence-corrected chi connectivity index (χ1v) is 10.2. The van der Waals surface area contributed by atoms with Gasteiger partial charge in [-0.15, -0.1) is 0 Å². The Morgan fingerprint density at radius 2 is 1.81 bits per heavy atom. The molecule has 1 heterocycles. The maximum absolute atomic E-state index is 9.89. The highest BCUT2D eigenvalue weighted by atomic mass is 35.5. The fourth-order valence-electron chi connectivity index (χ4n) is 2.87. The van der Waals surface area contributed by atoms with Crippen LogP contribution >= 0.6 is 23.2 Å². The van der Waals surface area contributed by atoms with Crippen molar-refractivity contribution in [2.45, 2.75) is 13.0 Å². The standard InChI is InChI=1S/C22H24Cl2N4O2.H3N/c1-14-11-25-22(27-21(14)15-4-9-19(23)20(24)10-15)26-16-5-7-18(8-6-16)30-13-17(29)12-28(2)3;/h4-11,17,29H,12-13H2,1-3H3,(H,25,26,27);1H3. The second kappa shape index (κ2) is 11.3. The number of nitrogens with one attached hydrogen (secondary N) is 1. The number of rotatable bonds is 8. The molecule has 0 radical (unpaired) electrons. The molecular formula is C22H27Cl2N5O2. The Hall–Kier alpha value is -2.42. The third kappa shape index (κ3) is 7.05. The van der Waals surface area contributed by atoms with Crippen LogP contribution in [-0.2, 0) is 0 Å². The van der Waals surface area contributed by atoms with Crippen molar-refractivity contribution in [1.82, 2.24) is 21.0 Å². The van der Waals surface area contributed by atoms with Crippen LogP contribution in [0.1, 0.15) is 5.56 Å². The van der Waals surface area contributed by atoms with Crippen molar-refractivity contribution in [3.63, 3.8) is 0 Å². The van der Waals surface area contributed by atoms with Crippen molar-refractivity contribution in [3.8, 4) is 17.0 Å². The van der Waals surface area contributed by atoms with Crippen LogP contribution in [-0.4, -0.2) is 53.3 Å². The number of hydrogen-bond acceptors (Lipinski definition) is 7. The number of aliphatic hydroxyl groups is 1. The molecule has 0 saturated heterocycles. The minimum Gasteiger partial charge on any atom is -0.491 e. The number of ether oxygens (including phenoxy) is 1. The number of aromatic nitrogens is 2. The highest BCUT2D eigenvalue weighted by molar-refractivity contribution is 6.42. The van der Waals surface area contributed by atoms with Crippen LogP contribution in [0.4, 0.5) is 11.6 Å². The largest absolute Gasteiger partial charge is 0.491 e. The summed E-state index contributed by atoms with van der Waals surface area (Å²) < 4.78 is 5.63. The highest BCUT2D eigenvalue weighted by Gasteiger charge is 2.10. The first-order chi connectivity index (χ1) is 14.3. The molecular weight excluding hydrogens is 437 g/mol. The SMILES string of the molecule is Cc1cnc(Nc2ccc(OCC(O)CN(C)C)cc2)nc1-c1ccc(Cl)c(Cl)c1.N. The molecule has 5 N–H and O–H groups in total. The van der Waals surface area contributed by atoms with Gasteiger partial charge in [0.1, 0.15) is 18.5 Å². The monoisotopic (exact) mass is 463 g/mol. The smallest absolute Gasteiger partial charge is 0.227 e. The minimum atomic E-state index is -0.543. The molecule has 166 valence electrons. The van der Waals surface area contributed by atoms with Gasteiger partial charge in [-0.3, -0.25) is 0 Å². The van der Waals surface area contributed by atoms with Gasteiger partial charge in [-0.05, 0) is 63.0 Å². The summed E-state index contributed by atoms with van der Waals surface area (Å²) in [5, 5.41) is 14.1. The zero-order valence-corrected chi connectivity index (χ0v) is 19.3. The second-order valence-electron chi connectivity index (χ2n) is 7.23. The van der Waals surface area contributed by atoms with Crippen molar-refractivity contribution >= 4 is 34.8 Å². The molecule has 0 bridgehead atoms. The van der Waals surface area contributed by atoms with Crippen molar-refractivity contribution in [1.29, 1.82) is 0 Å². The Kier molecular flexibility index (Phi) is 9.03. The van der Waals surface area contributed by atoms with Crippen LogP contribution in [0.25, 0.3) is 11.3 Å². The van der Waals surface area contributed by atoms with Gasteiger partial charge in [-0.1, -0.05) is 29.3 Å². The summed E-state index contributed by atoms with van der Waals surface area (Å²) in [6.07, 6.45) is 1.22. The molecule has 9 heteroatoms. The van der Waals surface area contributed by atoms with Gasteiger partial charge in [0.25, 0.3) is 0 Å². The fraction of sp³-hybridized carbons (Fsp3) is 0.273. The lowest BCUT2D eigenvalue weighted by Crippen LogP contribution is -2.30. The normalized spacial score (nSPS) is 11.7. The molecule has 0 spiro atoms. The van der Waals surface area contributed by atoms with E-state index in [-0.39, 0.29) is 12.8 Å². The van der Waals surface area contributed by atoms with Crippen LogP contribution in [0.15, 0.2) is 48.7 Å². The second-order valence-corrected chi connectivity index (χ2v) is 8.04. The molecule has 31 heavy (non-hydrogen) atoms. The van der Waals surface area contributed by atoms with Gasteiger partial charge in [0.2, 0.25) is 5.95 Å². The molecule has 0 fully saturated rings. The number of nitrogens with zero attached hydrogens (tertiary/aromatic N) is 3. The van der Waals surface area contributed by atoms with E-state index in [0.717, 1.165) is 22.5 Å². The quantitative estimate of drug-likeness (QED) is 0.432. The van der Waals surface area contributed by atoms with E-state index in [2.05, 4.69) is 15.3 Å². The van der Waals surface area contributed by atoms with E-state index in [1.165, 1.54) is 0 Å². The van der Waals surface area contributed by atoms with Gasteiger partial charge in [0.05, 0.1) is 15.7 Å². The molecule has 3 aromatic rings. The Labute approximate surface area is 192 Å². The average molecular weight is 464 g/mol. The molecule has 1 atom stereocenters. The van der Waals surface area contributed by atoms with Crippen LogP contribution < -0.4 is 16.2 Å². The van der Waals surface area contributed by atoms with Crippen LogP contribution in [0.3, 0.4) is 0 Å². The summed E-state index contributed by atoms with van der Waals surface area (Å²) in [5.74, 6) is 1.15. The van der Waals surface area contributed by atoms with Crippen LogP contribution in [0, 0.1) is 6.92 Å². The summed E-state index contributed by atoms with van der Waals surface area (Å²) >= 11 is 12.2. The molecule has 3 rings (SSSR count). The van der Waals surface area contributed by atoms with Crippen molar-refractivity contribution in [3.05, 3.63) is 64.3 Å². The summed E-state index contributed by atoms with van der Waals surface area (Å²) in [6.45, 7) is 2.73. The van der Waals surface area contributed by atoms with E-state index >= 15 is 0 Å². The molecule has 7 nitrogen and oxygen atoms in total. The lowest BCUT2D eigenvalue weighted by molar-refractivity contribution is 0.0831. The highest BCUT2D eigenvalue weighted by Crippen LogP contribution is 2.30. The third-order valence-corrected chi connectivity index (χ3v) is 5.03. The van der Waals surface area contributed by atoms with Gasteiger partial charge in [-0.25, -0.2) is 9.97 Å². The summed E-state index contributed by atoms with van der Waals surface area (Å²) in [7, 11) is 3.81. The Balaban J connectivity index is 0.00000341.